The van der Waals surface area contributed by atoms with Crippen molar-refractivity contribution in [2.45, 2.75) is 6.92 Å². The third kappa shape index (κ3) is 2.86. The number of nitrogens with one attached hydrogen (secondary N) is 2. The van der Waals surface area contributed by atoms with Gasteiger partial charge >= 0.3 is 0 Å². The van der Waals surface area contributed by atoms with Crippen LogP contribution in [0.15, 0.2) is 66.7 Å². The molecule has 2 N–H and O–H groups in total. The van der Waals surface area contributed by atoms with E-state index >= 15 is 0 Å². The number of para-hydroxylation sites is 1. The third-order valence-corrected chi connectivity index (χ3v) is 5.00. The summed E-state index contributed by atoms with van der Waals surface area (Å²) in [6, 6.07) is 21.7. The number of aryl methyl sites for hydroxylation is 1. The van der Waals surface area contributed by atoms with Crippen molar-refractivity contribution in [3.63, 3.8) is 0 Å². The van der Waals surface area contributed by atoms with E-state index in [4.69, 9.17) is 21.6 Å². The van der Waals surface area contributed by atoms with Crippen LogP contribution in [-0.2, 0) is 0 Å². The summed E-state index contributed by atoms with van der Waals surface area (Å²) in [5.41, 5.74) is 3.77. The summed E-state index contributed by atoms with van der Waals surface area (Å²) in [6.45, 7) is 2.06. The number of aromatic nitrogens is 4. The minimum atomic E-state index is 0.572. The minimum Gasteiger partial charge on any atom is -0.322 e. The lowest BCUT2D eigenvalue weighted by atomic mass is 10.1. The van der Waals surface area contributed by atoms with Crippen LogP contribution in [0, 0.1) is 6.92 Å². The van der Waals surface area contributed by atoms with Gasteiger partial charge < -0.3 is 5.32 Å². The fourth-order valence-corrected chi connectivity index (χ4v) is 3.49. The molecule has 0 aliphatic heterocycles. The summed E-state index contributed by atoms with van der Waals surface area (Å²) in [4.78, 5) is 9.48. The van der Waals surface area contributed by atoms with Crippen molar-refractivity contribution in [2.75, 3.05) is 5.32 Å². The van der Waals surface area contributed by atoms with Crippen molar-refractivity contribution < 1.29 is 0 Å². The maximum absolute atomic E-state index is 6.38. The Labute approximate surface area is 166 Å². The van der Waals surface area contributed by atoms with Gasteiger partial charge in [0, 0.05) is 16.3 Å². The van der Waals surface area contributed by atoms with E-state index in [0.717, 1.165) is 33.2 Å². The molecule has 0 aliphatic carbocycles. The molecule has 0 atom stereocenters. The number of nitrogens with zero attached hydrogens (tertiary/aromatic N) is 3. The molecule has 0 saturated carbocycles. The lowest BCUT2D eigenvalue weighted by molar-refractivity contribution is 1.11. The molecule has 28 heavy (non-hydrogen) atoms. The van der Waals surface area contributed by atoms with Crippen molar-refractivity contribution in [1.29, 1.82) is 0 Å². The number of aromatic amines is 1. The van der Waals surface area contributed by atoms with E-state index in [2.05, 4.69) is 34.6 Å². The van der Waals surface area contributed by atoms with Crippen LogP contribution in [0.2, 0.25) is 5.02 Å². The average Bonchev–Trinajstić information content (AvgIpc) is 3.10. The fraction of sp³-hybridized carbons (Fsp3) is 0.0455. The molecule has 0 bridgehead atoms. The number of anilines is 2. The van der Waals surface area contributed by atoms with Crippen LogP contribution in [0.4, 0.5) is 11.6 Å². The van der Waals surface area contributed by atoms with Gasteiger partial charge in [-0.3, -0.25) is 5.10 Å². The second-order valence-corrected chi connectivity index (χ2v) is 7.05. The van der Waals surface area contributed by atoms with E-state index in [-0.39, 0.29) is 0 Å². The highest BCUT2D eigenvalue weighted by atomic mass is 35.5. The molecule has 3 aromatic carbocycles. The van der Waals surface area contributed by atoms with Gasteiger partial charge in [-0.15, -0.1) is 0 Å². The quantitative estimate of drug-likeness (QED) is 0.407. The van der Waals surface area contributed by atoms with Gasteiger partial charge in [-0.05, 0) is 43.3 Å². The van der Waals surface area contributed by atoms with E-state index in [1.165, 1.54) is 5.56 Å². The molecule has 6 heteroatoms. The first-order valence-corrected chi connectivity index (χ1v) is 9.30. The Hall–Kier alpha value is -3.44. The highest BCUT2D eigenvalue weighted by Crippen LogP contribution is 2.31. The number of rotatable bonds is 3. The van der Waals surface area contributed by atoms with Gasteiger partial charge in [-0.25, -0.2) is 9.97 Å². The van der Waals surface area contributed by atoms with Gasteiger partial charge in [-0.1, -0.05) is 47.5 Å². The van der Waals surface area contributed by atoms with E-state index in [9.17, 15) is 0 Å². The Morgan fingerprint density at radius 2 is 1.68 bits per heavy atom. The maximum Gasteiger partial charge on any atom is 0.163 e. The Morgan fingerprint density at radius 3 is 2.57 bits per heavy atom. The number of hydrogen-bond donors (Lipinski definition) is 2. The number of H-pyrrole nitrogens is 1. The Morgan fingerprint density at radius 1 is 0.857 bits per heavy atom. The van der Waals surface area contributed by atoms with Crippen LogP contribution in [0.3, 0.4) is 0 Å². The maximum atomic E-state index is 6.38. The fourth-order valence-electron chi connectivity index (χ4n) is 3.27. The first kappa shape index (κ1) is 16.7. The molecule has 5 rings (SSSR count). The van der Waals surface area contributed by atoms with Gasteiger partial charge in [0.15, 0.2) is 11.6 Å². The molecule has 2 aromatic heterocycles. The normalized spacial score (nSPS) is 11.2. The molecule has 0 aliphatic rings. The molecule has 0 amide bonds. The van der Waals surface area contributed by atoms with E-state index < -0.39 is 0 Å². The Kier molecular flexibility index (Phi) is 3.95. The van der Waals surface area contributed by atoms with E-state index in [1.807, 2.05) is 54.6 Å². The summed E-state index contributed by atoms with van der Waals surface area (Å²) in [6.07, 6.45) is 0. The molecule has 5 nitrogen and oxygen atoms in total. The van der Waals surface area contributed by atoms with Crippen molar-refractivity contribution >= 4 is 45.0 Å². The van der Waals surface area contributed by atoms with Crippen LogP contribution < -0.4 is 5.32 Å². The van der Waals surface area contributed by atoms with Crippen LogP contribution in [0.5, 0.6) is 0 Å². The summed E-state index contributed by atoms with van der Waals surface area (Å²) in [5, 5.41) is 13.4. The largest absolute Gasteiger partial charge is 0.322 e. The third-order valence-electron chi connectivity index (χ3n) is 4.67. The number of fused-ring (bicyclic) bond motifs is 2. The molecule has 0 saturated heterocycles. The second-order valence-electron chi connectivity index (χ2n) is 6.64. The summed E-state index contributed by atoms with van der Waals surface area (Å²) < 4.78 is 0. The molecule has 0 unspecified atom stereocenters. The summed E-state index contributed by atoms with van der Waals surface area (Å²) in [7, 11) is 0. The standard InChI is InChI=1S/C22H16ClN5/c1-13-10-11-19-16(12-13)22(28-27-19)26-21-15-7-3-5-9-18(15)24-20(25-21)14-6-2-4-8-17(14)23/h2-12H,1H3,(H2,24,25,26,27,28). The van der Waals surface area contributed by atoms with E-state index in [0.29, 0.717) is 16.7 Å². The highest BCUT2D eigenvalue weighted by Gasteiger charge is 2.14. The first-order valence-electron chi connectivity index (χ1n) is 8.92. The summed E-state index contributed by atoms with van der Waals surface area (Å²) >= 11 is 6.38. The van der Waals surface area contributed by atoms with Crippen molar-refractivity contribution in [2.24, 2.45) is 0 Å². The lowest BCUT2D eigenvalue weighted by Crippen LogP contribution is -2.00. The van der Waals surface area contributed by atoms with Gasteiger partial charge in [0.05, 0.1) is 16.1 Å². The molecule has 2 heterocycles. The van der Waals surface area contributed by atoms with Crippen LogP contribution in [0.1, 0.15) is 5.56 Å². The molecule has 136 valence electrons. The predicted octanol–water partition coefficient (Wildman–Crippen LogP) is 5.88. The Bertz CT molecular complexity index is 1330. The van der Waals surface area contributed by atoms with Crippen LogP contribution in [-0.4, -0.2) is 20.2 Å². The van der Waals surface area contributed by atoms with Crippen molar-refractivity contribution in [1.82, 2.24) is 20.2 Å². The first-order chi connectivity index (χ1) is 13.7. The molecule has 0 spiro atoms. The minimum absolute atomic E-state index is 0.572. The van der Waals surface area contributed by atoms with Gasteiger partial charge in [0.1, 0.15) is 5.82 Å². The summed E-state index contributed by atoms with van der Waals surface area (Å²) in [5.74, 6) is 1.99. The zero-order valence-electron chi connectivity index (χ0n) is 15.1. The molecular weight excluding hydrogens is 370 g/mol. The SMILES string of the molecule is Cc1ccc2[nH]nc(Nc3nc(-c4ccccc4Cl)nc4ccccc34)c2c1. The number of hydrogen-bond acceptors (Lipinski definition) is 4. The van der Waals surface area contributed by atoms with Gasteiger partial charge in [-0.2, -0.15) is 5.10 Å². The molecule has 5 aromatic rings. The Balaban J connectivity index is 1.69. The monoisotopic (exact) mass is 385 g/mol. The average molecular weight is 386 g/mol. The molecule has 0 radical (unpaired) electrons. The zero-order valence-corrected chi connectivity index (χ0v) is 15.8. The number of benzene rings is 3. The highest BCUT2D eigenvalue weighted by molar-refractivity contribution is 6.33. The smallest absolute Gasteiger partial charge is 0.163 e. The second kappa shape index (κ2) is 6.62. The van der Waals surface area contributed by atoms with Crippen LogP contribution in [0.25, 0.3) is 33.2 Å². The van der Waals surface area contributed by atoms with Crippen LogP contribution >= 0.6 is 11.6 Å². The lowest BCUT2D eigenvalue weighted by Gasteiger charge is -2.10. The van der Waals surface area contributed by atoms with Crippen molar-refractivity contribution in [3.05, 3.63) is 77.3 Å². The van der Waals surface area contributed by atoms with Gasteiger partial charge in [0.2, 0.25) is 0 Å². The van der Waals surface area contributed by atoms with Gasteiger partial charge in [0.25, 0.3) is 0 Å². The molecular formula is C22H16ClN5. The predicted molar refractivity (Wildman–Crippen MR) is 114 cm³/mol. The topological polar surface area (TPSA) is 66.5 Å². The number of halogens is 1. The van der Waals surface area contributed by atoms with E-state index in [1.54, 1.807) is 0 Å². The zero-order chi connectivity index (χ0) is 19.1. The molecule has 0 fully saturated rings. The van der Waals surface area contributed by atoms with Crippen molar-refractivity contribution in [3.8, 4) is 11.4 Å².